The number of rotatable bonds is 4. The van der Waals surface area contributed by atoms with Gasteiger partial charge in [0, 0.05) is 25.7 Å². The van der Waals surface area contributed by atoms with E-state index in [9.17, 15) is 24.0 Å². The Morgan fingerprint density at radius 2 is 1.67 bits per heavy atom. The number of pyridine rings is 1. The molecule has 4 unspecified atom stereocenters. The summed E-state index contributed by atoms with van der Waals surface area (Å²) in [6.07, 6.45) is 2.84. The molecule has 9 heteroatoms. The first-order chi connectivity index (χ1) is 8.02. The third kappa shape index (κ3) is 2.57. The van der Waals surface area contributed by atoms with E-state index in [2.05, 4.69) is 0 Å². The Morgan fingerprint density at radius 1 is 1.22 bits per heavy atom. The summed E-state index contributed by atoms with van der Waals surface area (Å²) in [7, 11) is -9.98. The second kappa shape index (κ2) is 4.85. The Morgan fingerprint density at radius 3 is 2.00 bits per heavy atom. The molecule has 1 rings (SSSR count). The highest BCUT2D eigenvalue weighted by atomic mass is 31.2. The SMILES string of the molecule is CC([n+]1ccccc1)C(O)(P(C)(=O)O)P(=O)([O-])O. The van der Waals surface area contributed by atoms with Crippen LogP contribution < -0.4 is 9.46 Å². The Hall–Kier alpha value is -0.550. The van der Waals surface area contributed by atoms with Gasteiger partial charge in [-0.25, -0.2) is 0 Å². The molecule has 0 saturated carbocycles. The van der Waals surface area contributed by atoms with E-state index in [1.807, 2.05) is 0 Å². The van der Waals surface area contributed by atoms with Crippen LogP contribution in [0.25, 0.3) is 0 Å². The molecule has 102 valence electrons. The van der Waals surface area contributed by atoms with Crippen molar-refractivity contribution in [3.8, 4) is 0 Å². The van der Waals surface area contributed by atoms with Gasteiger partial charge in [-0.15, -0.1) is 0 Å². The first kappa shape index (κ1) is 15.5. The van der Waals surface area contributed by atoms with E-state index in [0.717, 1.165) is 0 Å². The lowest BCUT2D eigenvalue weighted by Crippen LogP contribution is -2.52. The summed E-state index contributed by atoms with van der Waals surface area (Å²) in [6, 6.07) is 3.44. The maximum atomic E-state index is 11.7. The van der Waals surface area contributed by atoms with Crippen LogP contribution in [0, 0.1) is 0 Å². The zero-order valence-corrected chi connectivity index (χ0v) is 11.7. The van der Waals surface area contributed by atoms with Crippen LogP contribution in [-0.2, 0) is 9.13 Å². The molecule has 1 aromatic rings. The molecule has 7 nitrogen and oxygen atoms in total. The Bertz CT molecular complexity index is 485. The molecule has 18 heavy (non-hydrogen) atoms. The predicted octanol–water partition coefficient (Wildman–Crippen LogP) is -0.373. The van der Waals surface area contributed by atoms with Crippen molar-refractivity contribution in [1.82, 2.24) is 0 Å². The third-order valence-electron chi connectivity index (χ3n) is 2.77. The van der Waals surface area contributed by atoms with E-state index in [0.29, 0.717) is 6.66 Å². The van der Waals surface area contributed by atoms with Gasteiger partial charge < -0.3 is 24.4 Å². The fourth-order valence-corrected chi connectivity index (χ4v) is 5.00. The first-order valence-electron chi connectivity index (χ1n) is 5.04. The molecule has 0 aliphatic carbocycles. The fraction of sp³-hybridized carbons (Fsp3) is 0.444. The highest BCUT2D eigenvalue weighted by Crippen LogP contribution is 2.68. The molecule has 0 bridgehead atoms. The molecular weight excluding hydrogens is 280 g/mol. The van der Waals surface area contributed by atoms with Gasteiger partial charge in [0.15, 0.2) is 20.0 Å². The van der Waals surface area contributed by atoms with Gasteiger partial charge in [-0.1, -0.05) is 6.07 Å². The van der Waals surface area contributed by atoms with E-state index in [4.69, 9.17) is 4.89 Å². The summed E-state index contributed by atoms with van der Waals surface area (Å²) in [5.41, 5.74) is 0. The minimum atomic E-state index is -5.46. The van der Waals surface area contributed by atoms with Gasteiger partial charge in [0.2, 0.25) is 13.4 Å². The van der Waals surface area contributed by atoms with Crippen LogP contribution in [0.4, 0.5) is 0 Å². The number of nitrogens with zero attached hydrogens (tertiary/aromatic N) is 1. The summed E-state index contributed by atoms with van der Waals surface area (Å²) in [5, 5.41) is 6.91. The quantitative estimate of drug-likeness (QED) is 0.514. The van der Waals surface area contributed by atoms with Gasteiger partial charge >= 0.3 is 0 Å². The molecule has 1 aromatic heterocycles. The monoisotopic (exact) mass is 295 g/mol. The number of hydrogen-bond donors (Lipinski definition) is 3. The van der Waals surface area contributed by atoms with Crippen molar-refractivity contribution in [2.24, 2.45) is 0 Å². The van der Waals surface area contributed by atoms with E-state index in [1.165, 1.54) is 23.9 Å². The normalized spacial score (nSPS) is 23.4. The average molecular weight is 295 g/mol. The largest absolute Gasteiger partial charge is 0.776 e. The molecule has 3 N–H and O–H groups in total. The minimum Gasteiger partial charge on any atom is -0.776 e. The molecule has 0 spiro atoms. The minimum absolute atomic E-state index is 0.688. The van der Waals surface area contributed by atoms with Crippen LogP contribution >= 0.6 is 15.0 Å². The number of aliphatic hydroxyl groups is 1. The highest BCUT2D eigenvalue weighted by molar-refractivity contribution is 7.74. The lowest BCUT2D eigenvalue weighted by molar-refractivity contribution is -0.727. The van der Waals surface area contributed by atoms with Gasteiger partial charge in [0.25, 0.3) is 5.08 Å². The Labute approximate surface area is 104 Å². The zero-order chi connectivity index (χ0) is 14.2. The van der Waals surface area contributed by atoms with E-state index in [1.54, 1.807) is 18.2 Å². The number of hydrogen-bond acceptors (Lipinski definition) is 4. The molecule has 0 radical (unpaired) electrons. The Kier molecular flexibility index (Phi) is 4.18. The predicted molar refractivity (Wildman–Crippen MR) is 61.9 cm³/mol. The van der Waals surface area contributed by atoms with Crippen molar-refractivity contribution < 1.29 is 33.5 Å². The number of aromatic nitrogens is 1. The zero-order valence-electron chi connectivity index (χ0n) is 9.87. The molecule has 0 saturated heterocycles. The molecule has 0 fully saturated rings. The van der Waals surface area contributed by atoms with Crippen LogP contribution in [0.1, 0.15) is 13.0 Å². The molecule has 4 atom stereocenters. The molecule has 0 aliphatic heterocycles. The summed E-state index contributed by atoms with van der Waals surface area (Å²) in [6.45, 7) is 1.92. The van der Waals surface area contributed by atoms with Crippen molar-refractivity contribution >= 4 is 15.0 Å². The van der Waals surface area contributed by atoms with E-state index >= 15 is 0 Å². The summed E-state index contributed by atoms with van der Waals surface area (Å²) < 4.78 is 24.2. The standard InChI is InChI=1S/C9H15NO6P2/c1-8(10-6-4-3-5-7-10)9(11,17(2,12)13)18(14,15)16/h3-8,11H,1-2H3,(H2-,12,13,14,15,16). The van der Waals surface area contributed by atoms with Gasteiger partial charge in [0.05, 0.1) is 0 Å². The summed E-state index contributed by atoms with van der Waals surface area (Å²) >= 11 is 0. The molecular formula is C9H15NO6P2. The van der Waals surface area contributed by atoms with Gasteiger partial charge in [-0.3, -0.25) is 4.57 Å². The smallest absolute Gasteiger partial charge is 0.265 e. The van der Waals surface area contributed by atoms with Gasteiger partial charge in [-0.05, 0) is 0 Å². The first-order valence-corrected chi connectivity index (χ1v) is 8.72. The van der Waals surface area contributed by atoms with Crippen LogP contribution in [0.15, 0.2) is 30.6 Å². The van der Waals surface area contributed by atoms with Crippen molar-refractivity contribution in [1.29, 1.82) is 0 Å². The van der Waals surface area contributed by atoms with Gasteiger partial charge in [0.1, 0.15) is 0 Å². The van der Waals surface area contributed by atoms with Gasteiger partial charge in [-0.2, -0.15) is 4.57 Å². The van der Waals surface area contributed by atoms with Crippen LogP contribution in [-0.4, -0.2) is 26.6 Å². The van der Waals surface area contributed by atoms with Crippen molar-refractivity contribution in [3.63, 3.8) is 0 Å². The van der Waals surface area contributed by atoms with Crippen molar-refractivity contribution in [2.75, 3.05) is 6.66 Å². The summed E-state index contributed by atoms with van der Waals surface area (Å²) in [4.78, 5) is 29.9. The molecule has 0 amide bonds. The molecule has 0 aliphatic rings. The van der Waals surface area contributed by atoms with E-state index < -0.39 is 26.1 Å². The molecule has 0 aromatic carbocycles. The van der Waals surface area contributed by atoms with Crippen molar-refractivity contribution in [3.05, 3.63) is 30.6 Å². The lowest BCUT2D eigenvalue weighted by atomic mass is 10.3. The maximum Gasteiger partial charge on any atom is 0.265 e. The molecule has 1 heterocycles. The maximum absolute atomic E-state index is 11.7. The fourth-order valence-electron chi connectivity index (χ4n) is 1.69. The Balaban J connectivity index is 3.40. The van der Waals surface area contributed by atoms with Crippen molar-refractivity contribution in [2.45, 2.75) is 18.0 Å². The van der Waals surface area contributed by atoms with E-state index in [-0.39, 0.29) is 0 Å². The average Bonchev–Trinajstić information content (AvgIpc) is 2.25. The van der Waals surface area contributed by atoms with Crippen LogP contribution in [0.3, 0.4) is 0 Å². The van der Waals surface area contributed by atoms with Crippen LogP contribution in [0.5, 0.6) is 0 Å². The van der Waals surface area contributed by atoms with Crippen LogP contribution in [0.2, 0.25) is 0 Å². The second-order valence-electron chi connectivity index (χ2n) is 4.09. The second-order valence-corrected chi connectivity index (χ2v) is 8.60. The highest BCUT2D eigenvalue weighted by Gasteiger charge is 2.59. The lowest BCUT2D eigenvalue weighted by Gasteiger charge is -2.38. The third-order valence-corrected chi connectivity index (χ3v) is 7.44. The topological polar surface area (TPSA) is 122 Å². The summed E-state index contributed by atoms with van der Waals surface area (Å²) in [5.74, 6) is 0.